The lowest BCUT2D eigenvalue weighted by atomic mass is 9.87. The predicted molar refractivity (Wildman–Crippen MR) is 89.1 cm³/mol. The van der Waals surface area contributed by atoms with Gasteiger partial charge in [0.25, 0.3) is 5.91 Å². The van der Waals surface area contributed by atoms with E-state index in [2.05, 4.69) is 22.6 Å². The lowest BCUT2D eigenvalue weighted by Gasteiger charge is -2.27. The molecule has 2 atom stereocenters. The van der Waals surface area contributed by atoms with E-state index in [1.165, 1.54) is 24.2 Å². The number of aromatic nitrogens is 1. The van der Waals surface area contributed by atoms with Gasteiger partial charge in [0.2, 0.25) is 0 Å². The summed E-state index contributed by atoms with van der Waals surface area (Å²) >= 11 is 3.15. The molecule has 1 saturated carbocycles. The van der Waals surface area contributed by atoms with E-state index in [4.69, 9.17) is 0 Å². The molecule has 1 aliphatic rings. The topological polar surface area (TPSA) is 42.0 Å². The average molecular weight is 320 g/mol. The molecule has 5 heteroatoms. The summed E-state index contributed by atoms with van der Waals surface area (Å²) < 4.78 is 0. The third kappa shape index (κ3) is 3.35. The minimum Gasteiger partial charge on any atom is -0.349 e. The number of nitrogens with one attached hydrogen (secondary N) is 1. The van der Waals surface area contributed by atoms with Crippen LogP contribution in [0, 0.1) is 12.8 Å². The van der Waals surface area contributed by atoms with Crippen molar-refractivity contribution in [2.24, 2.45) is 5.92 Å². The minimum atomic E-state index is 0.0468. The van der Waals surface area contributed by atoms with Gasteiger partial charge in [-0.25, -0.2) is 4.98 Å². The average Bonchev–Trinajstić information content (AvgIpc) is 3.07. The largest absolute Gasteiger partial charge is 0.349 e. The summed E-state index contributed by atoms with van der Waals surface area (Å²) in [6.45, 7) is 4.19. The molecule has 2 aromatic heterocycles. The van der Waals surface area contributed by atoms with E-state index in [1.807, 2.05) is 18.4 Å². The fourth-order valence-corrected chi connectivity index (χ4v) is 4.61. The van der Waals surface area contributed by atoms with E-state index in [0.29, 0.717) is 12.0 Å². The second kappa shape index (κ2) is 6.28. The Kier molecular flexibility index (Phi) is 4.40. The molecule has 112 valence electrons. The maximum atomic E-state index is 12.5. The molecule has 1 fully saturated rings. The minimum absolute atomic E-state index is 0.0468. The molecule has 2 aromatic rings. The van der Waals surface area contributed by atoms with Crippen LogP contribution in [0.2, 0.25) is 0 Å². The molecular formula is C16H20N2OS2. The van der Waals surface area contributed by atoms with Crippen molar-refractivity contribution in [1.29, 1.82) is 0 Å². The molecule has 0 aliphatic heterocycles. The second-order valence-corrected chi connectivity index (χ2v) is 7.67. The number of amides is 1. The highest BCUT2D eigenvalue weighted by atomic mass is 32.1. The number of carbonyl (C=O) groups is 1. The molecule has 1 aliphatic carbocycles. The van der Waals surface area contributed by atoms with Crippen LogP contribution in [0.25, 0.3) is 10.6 Å². The van der Waals surface area contributed by atoms with Gasteiger partial charge in [0.05, 0.1) is 5.69 Å². The van der Waals surface area contributed by atoms with Gasteiger partial charge in [-0.05, 0) is 37.1 Å². The van der Waals surface area contributed by atoms with Crippen molar-refractivity contribution in [3.05, 3.63) is 27.4 Å². The highest BCUT2D eigenvalue weighted by molar-refractivity contribution is 7.17. The van der Waals surface area contributed by atoms with Gasteiger partial charge >= 0.3 is 0 Å². The highest BCUT2D eigenvalue weighted by Crippen LogP contribution is 2.30. The Labute approximate surface area is 133 Å². The number of thiazole rings is 1. The standard InChI is InChI=1S/C16H20N2OS2/c1-10-4-3-5-13(8-10)18-15(19)14-11(2)17-16(21-14)12-6-7-20-9-12/h6-7,9-10,13H,3-5,8H2,1-2H3,(H,18,19). The summed E-state index contributed by atoms with van der Waals surface area (Å²) in [7, 11) is 0. The molecule has 0 spiro atoms. The van der Waals surface area contributed by atoms with Crippen molar-refractivity contribution < 1.29 is 4.79 Å². The van der Waals surface area contributed by atoms with Gasteiger partial charge in [-0.1, -0.05) is 19.8 Å². The second-order valence-electron chi connectivity index (χ2n) is 5.89. The number of thiophene rings is 1. The SMILES string of the molecule is Cc1nc(-c2ccsc2)sc1C(=O)NC1CCCC(C)C1. The fraction of sp³-hybridized carbons (Fsp3) is 0.500. The summed E-state index contributed by atoms with van der Waals surface area (Å²) in [5, 5.41) is 8.25. The van der Waals surface area contributed by atoms with Crippen molar-refractivity contribution >= 4 is 28.6 Å². The zero-order valence-corrected chi connectivity index (χ0v) is 14.0. The highest BCUT2D eigenvalue weighted by Gasteiger charge is 2.23. The number of hydrogen-bond acceptors (Lipinski definition) is 4. The van der Waals surface area contributed by atoms with Crippen molar-refractivity contribution in [2.75, 3.05) is 0 Å². The molecule has 0 bridgehead atoms. The molecule has 0 saturated heterocycles. The summed E-state index contributed by atoms with van der Waals surface area (Å²) in [5.74, 6) is 0.763. The number of aryl methyl sites for hydroxylation is 1. The van der Waals surface area contributed by atoms with Gasteiger partial charge in [-0.3, -0.25) is 4.79 Å². The van der Waals surface area contributed by atoms with Crippen LogP contribution >= 0.6 is 22.7 Å². The van der Waals surface area contributed by atoms with Crippen LogP contribution in [0.5, 0.6) is 0 Å². The Hall–Kier alpha value is -1.20. The van der Waals surface area contributed by atoms with E-state index < -0.39 is 0 Å². The summed E-state index contributed by atoms with van der Waals surface area (Å²) in [4.78, 5) is 17.8. The molecule has 21 heavy (non-hydrogen) atoms. The van der Waals surface area contributed by atoms with Crippen LogP contribution < -0.4 is 5.32 Å². The van der Waals surface area contributed by atoms with Crippen LogP contribution in [0.3, 0.4) is 0 Å². The van der Waals surface area contributed by atoms with Gasteiger partial charge < -0.3 is 5.32 Å². The number of hydrogen-bond donors (Lipinski definition) is 1. The Morgan fingerprint density at radius 2 is 2.29 bits per heavy atom. The molecule has 2 heterocycles. The monoisotopic (exact) mass is 320 g/mol. The Balaban J connectivity index is 1.73. The number of nitrogens with zero attached hydrogens (tertiary/aromatic N) is 1. The first-order valence-electron chi connectivity index (χ1n) is 7.44. The zero-order chi connectivity index (χ0) is 14.8. The van der Waals surface area contributed by atoms with Gasteiger partial charge in [-0.2, -0.15) is 11.3 Å². The number of rotatable bonds is 3. The molecule has 0 radical (unpaired) electrons. The van der Waals surface area contributed by atoms with E-state index in [1.54, 1.807) is 11.3 Å². The smallest absolute Gasteiger partial charge is 0.263 e. The summed E-state index contributed by atoms with van der Waals surface area (Å²) in [6.07, 6.45) is 4.70. The molecule has 1 N–H and O–H groups in total. The van der Waals surface area contributed by atoms with Crippen LogP contribution in [0.15, 0.2) is 16.8 Å². The third-order valence-corrected chi connectivity index (χ3v) is 5.93. The molecule has 2 unspecified atom stereocenters. The quantitative estimate of drug-likeness (QED) is 0.905. The molecule has 1 amide bonds. The fourth-order valence-electron chi connectivity index (χ4n) is 2.93. The van der Waals surface area contributed by atoms with Gasteiger partial charge in [0, 0.05) is 17.0 Å². The van der Waals surface area contributed by atoms with Crippen molar-refractivity contribution in [3.8, 4) is 10.6 Å². The van der Waals surface area contributed by atoms with Crippen LogP contribution in [-0.2, 0) is 0 Å². The van der Waals surface area contributed by atoms with Crippen LogP contribution in [0.1, 0.15) is 48.0 Å². The Bertz CT molecular complexity index is 618. The maximum absolute atomic E-state index is 12.5. The molecule has 3 nitrogen and oxygen atoms in total. The van der Waals surface area contributed by atoms with Gasteiger partial charge in [0.15, 0.2) is 0 Å². The first-order chi connectivity index (χ1) is 10.1. The molecule has 0 aromatic carbocycles. The molecular weight excluding hydrogens is 300 g/mol. The summed E-state index contributed by atoms with van der Waals surface area (Å²) in [5.41, 5.74) is 1.95. The lowest BCUT2D eigenvalue weighted by Crippen LogP contribution is -2.37. The van der Waals surface area contributed by atoms with Crippen molar-refractivity contribution in [3.63, 3.8) is 0 Å². The number of carbonyl (C=O) groups excluding carboxylic acids is 1. The first kappa shape index (κ1) is 14.7. The van der Waals surface area contributed by atoms with Crippen LogP contribution in [-0.4, -0.2) is 16.9 Å². The maximum Gasteiger partial charge on any atom is 0.263 e. The Morgan fingerprint density at radius 1 is 1.43 bits per heavy atom. The van der Waals surface area contributed by atoms with E-state index in [9.17, 15) is 4.79 Å². The van der Waals surface area contributed by atoms with E-state index in [-0.39, 0.29) is 5.91 Å². The van der Waals surface area contributed by atoms with Crippen molar-refractivity contribution in [2.45, 2.75) is 45.6 Å². The van der Waals surface area contributed by atoms with E-state index >= 15 is 0 Å². The van der Waals surface area contributed by atoms with Gasteiger partial charge in [0.1, 0.15) is 9.88 Å². The molecule has 3 rings (SSSR count). The van der Waals surface area contributed by atoms with Crippen LogP contribution in [0.4, 0.5) is 0 Å². The third-order valence-electron chi connectivity index (χ3n) is 4.04. The van der Waals surface area contributed by atoms with Crippen molar-refractivity contribution in [1.82, 2.24) is 10.3 Å². The first-order valence-corrected chi connectivity index (χ1v) is 9.20. The Morgan fingerprint density at radius 3 is 3.00 bits per heavy atom. The van der Waals surface area contributed by atoms with E-state index in [0.717, 1.165) is 34.0 Å². The van der Waals surface area contributed by atoms with Gasteiger partial charge in [-0.15, -0.1) is 11.3 Å². The lowest BCUT2D eigenvalue weighted by molar-refractivity contribution is 0.0924. The normalized spacial score (nSPS) is 22.2. The zero-order valence-electron chi connectivity index (χ0n) is 12.4. The predicted octanol–water partition coefficient (Wildman–Crippen LogP) is 4.49. The summed E-state index contributed by atoms with van der Waals surface area (Å²) in [6, 6.07) is 2.38.